The Hall–Kier alpha value is -1.18. The van der Waals surface area contributed by atoms with Crippen LogP contribution in [0.25, 0.3) is 0 Å². The van der Waals surface area contributed by atoms with Gasteiger partial charge in [0.25, 0.3) is 0 Å². The summed E-state index contributed by atoms with van der Waals surface area (Å²) in [5.41, 5.74) is 0.375. The Balaban J connectivity index is 0.000000217. The van der Waals surface area contributed by atoms with Crippen LogP contribution in [-0.4, -0.2) is 23.9 Å². The predicted octanol–water partition coefficient (Wildman–Crippen LogP) is 1.12. The maximum atomic E-state index is 9.68. The molecule has 1 N–H and O–H groups in total. The van der Waals surface area contributed by atoms with E-state index in [9.17, 15) is 4.79 Å². The maximum Gasteiger partial charge on any atom is 0.152 e. The first-order valence-corrected chi connectivity index (χ1v) is 3.91. The van der Waals surface area contributed by atoms with Crippen molar-refractivity contribution in [2.75, 3.05) is 6.61 Å². The summed E-state index contributed by atoms with van der Waals surface area (Å²) in [7, 11) is 0. The van der Waals surface area contributed by atoms with E-state index in [1.165, 1.54) is 0 Å². The van der Waals surface area contributed by atoms with Gasteiger partial charge in [0.05, 0.1) is 0 Å². The summed E-state index contributed by atoms with van der Waals surface area (Å²) in [6.07, 6.45) is 6.89. The van der Waals surface area contributed by atoms with Crippen LogP contribution >= 0.6 is 0 Å². The van der Waals surface area contributed by atoms with Gasteiger partial charge in [-0.1, -0.05) is 13.3 Å². The molecule has 3 heteroatoms. The molecule has 0 bridgehead atoms. The molecule has 0 saturated heterocycles. The van der Waals surface area contributed by atoms with Crippen LogP contribution in [0.2, 0.25) is 0 Å². The molecule has 0 radical (unpaired) electrons. The Morgan fingerprint density at radius 1 is 1.67 bits per heavy atom. The smallest absolute Gasteiger partial charge is 0.152 e. The summed E-state index contributed by atoms with van der Waals surface area (Å²) in [4.78, 5) is 13.3. The van der Waals surface area contributed by atoms with E-state index in [-0.39, 0.29) is 0 Å². The molecule has 12 heavy (non-hydrogen) atoms. The SMILES string of the molecule is CCCCO.O=C=C1C=CC=N1. The largest absolute Gasteiger partial charge is 0.396 e. The number of aliphatic hydroxyl groups excluding tert-OH is 1. The average Bonchev–Trinajstić information content (AvgIpc) is 2.58. The number of allylic oxidation sites excluding steroid dienone is 2. The molecule has 0 aliphatic carbocycles. The molecular weight excluding hydrogens is 154 g/mol. The Kier molecular flexibility index (Phi) is 7.14. The quantitative estimate of drug-likeness (QED) is 0.626. The zero-order valence-electron chi connectivity index (χ0n) is 7.16. The van der Waals surface area contributed by atoms with Gasteiger partial charge in [-0.25, -0.2) is 9.79 Å². The van der Waals surface area contributed by atoms with Crippen molar-refractivity contribution in [3.63, 3.8) is 0 Å². The van der Waals surface area contributed by atoms with Gasteiger partial charge in [-0.15, -0.1) is 0 Å². The molecule has 0 atom stereocenters. The van der Waals surface area contributed by atoms with Gasteiger partial charge in [0.15, 0.2) is 5.94 Å². The summed E-state index contributed by atoms with van der Waals surface area (Å²) >= 11 is 0. The Morgan fingerprint density at radius 2 is 2.42 bits per heavy atom. The van der Waals surface area contributed by atoms with Gasteiger partial charge in [-0.05, 0) is 18.6 Å². The minimum absolute atomic E-state index is 0.344. The number of carbonyl (C=O) groups excluding carboxylic acids is 1. The van der Waals surface area contributed by atoms with Crippen molar-refractivity contribution in [1.82, 2.24) is 0 Å². The van der Waals surface area contributed by atoms with Gasteiger partial charge in [0, 0.05) is 12.8 Å². The number of hydrogen-bond donors (Lipinski definition) is 1. The molecule has 66 valence electrons. The number of aliphatic imine (C=N–C) groups is 1. The molecule has 0 unspecified atom stereocenters. The first kappa shape index (κ1) is 10.8. The molecule has 0 aromatic rings. The van der Waals surface area contributed by atoms with Crippen molar-refractivity contribution < 1.29 is 9.90 Å². The summed E-state index contributed by atoms with van der Waals surface area (Å²) in [6.45, 7) is 2.40. The van der Waals surface area contributed by atoms with Crippen LogP contribution in [0.15, 0.2) is 22.8 Å². The van der Waals surface area contributed by atoms with E-state index in [2.05, 4.69) is 11.9 Å². The van der Waals surface area contributed by atoms with Crippen LogP contribution in [0.5, 0.6) is 0 Å². The van der Waals surface area contributed by atoms with Crippen molar-refractivity contribution in [3.05, 3.63) is 17.8 Å². The molecule has 0 aromatic carbocycles. The third kappa shape index (κ3) is 5.59. The molecule has 0 aromatic heterocycles. The number of rotatable bonds is 2. The average molecular weight is 167 g/mol. The van der Waals surface area contributed by atoms with Gasteiger partial charge in [0.1, 0.15) is 5.70 Å². The standard InChI is InChI=1S/C5H3NO.C4H10O/c7-4-5-2-1-3-6-5;1-2-3-4-5/h1-3H;5H,2-4H2,1H3. The third-order valence-corrected chi connectivity index (χ3v) is 1.17. The van der Waals surface area contributed by atoms with E-state index in [1.54, 1.807) is 24.3 Å². The highest BCUT2D eigenvalue weighted by atomic mass is 16.2. The zero-order chi connectivity index (χ0) is 9.23. The highest BCUT2D eigenvalue weighted by Crippen LogP contribution is 1.96. The molecule has 0 saturated carbocycles. The minimum atomic E-state index is 0.344. The predicted molar refractivity (Wildman–Crippen MR) is 48.8 cm³/mol. The highest BCUT2D eigenvalue weighted by Gasteiger charge is 1.88. The second-order valence-corrected chi connectivity index (χ2v) is 2.20. The summed E-state index contributed by atoms with van der Waals surface area (Å²) in [5.74, 6) is 1.65. The van der Waals surface area contributed by atoms with Crippen LogP contribution in [-0.2, 0) is 4.79 Å². The molecule has 0 fully saturated rings. The van der Waals surface area contributed by atoms with Gasteiger partial charge >= 0.3 is 0 Å². The first-order valence-electron chi connectivity index (χ1n) is 3.91. The number of hydrogen-bond acceptors (Lipinski definition) is 3. The van der Waals surface area contributed by atoms with E-state index in [0.29, 0.717) is 12.3 Å². The van der Waals surface area contributed by atoms with Crippen molar-refractivity contribution >= 4 is 12.2 Å². The molecule has 3 nitrogen and oxygen atoms in total. The van der Waals surface area contributed by atoms with E-state index < -0.39 is 0 Å². The van der Waals surface area contributed by atoms with Crippen LogP contribution in [0.3, 0.4) is 0 Å². The topological polar surface area (TPSA) is 49.7 Å². The number of nitrogens with zero attached hydrogens (tertiary/aromatic N) is 1. The van der Waals surface area contributed by atoms with Gasteiger partial charge in [-0.2, -0.15) is 0 Å². The lowest BCUT2D eigenvalue weighted by molar-refractivity contribution is 0.287. The Bertz CT molecular complexity index is 197. The monoisotopic (exact) mass is 167 g/mol. The van der Waals surface area contributed by atoms with E-state index in [4.69, 9.17) is 5.11 Å². The molecule has 1 heterocycles. The zero-order valence-corrected chi connectivity index (χ0v) is 7.16. The number of aliphatic hydroxyl groups is 1. The summed E-state index contributed by atoms with van der Waals surface area (Å²) < 4.78 is 0. The fourth-order valence-corrected chi connectivity index (χ4v) is 0.519. The van der Waals surface area contributed by atoms with Crippen LogP contribution in [0, 0.1) is 0 Å². The molecule has 1 aliphatic heterocycles. The fraction of sp³-hybridized carbons (Fsp3) is 0.444. The van der Waals surface area contributed by atoms with Gasteiger partial charge in [-0.3, -0.25) is 0 Å². The fourth-order valence-electron chi connectivity index (χ4n) is 0.519. The normalized spacial score (nSPS) is 12.3. The lowest BCUT2D eigenvalue weighted by atomic mass is 10.4. The van der Waals surface area contributed by atoms with Crippen LogP contribution < -0.4 is 0 Å². The van der Waals surface area contributed by atoms with E-state index in [1.807, 2.05) is 0 Å². The summed E-state index contributed by atoms with van der Waals surface area (Å²) in [5, 5.41) is 8.07. The molecule has 0 amide bonds. The van der Waals surface area contributed by atoms with Crippen molar-refractivity contribution in [1.29, 1.82) is 0 Å². The second-order valence-electron chi connectivity index (χ2n) is 2.20. The third-order valence-electron chi connectivity index (χ3n) is 1.17. The molecule has 0 spiro atoms. The highest BCUT2D eigenvalue weighted by molar-refractivity contribution is 5.80. The first-order chi connectivity index (χ1) is 5.85. The molecule has 1 rings (SSSR count). The van der Waals surface area contributed by atoms with Crippen LogP contribution in [0.4, 0.5) is 0 Å². The minimum Gasteiger partial charge on any atom is -0.396 e. The van der Waals surface area contributed by atoms with E-state index in [0.717, 1.165) is 12.8 Å². The Morgan fingerprint density at radius 3 is 2.58 bits per heavy atom. The second kappa shape index (κ2) is 7.92. The molecule has 1 aliphatic rings. The lowest BCUT2D eigenvalue weighted by Crippen LogP contribution is -1.75. The molecular formula is C9H13NO2. The number of unbranched alkanes of at least 4 members (excludes halogenated alkanes) is 1. The van der Waals surface area contributed by atoms with Crippen LogP contribution in [0.1, 0.15) is 19.8 Å². The summed E-state index contributed by atoms with van der Waals surface area (Å²) in [6, 6.07) is 0. The Labute approximate surface area is 72.1 Å². The maximum absolute atomic E-state index is 9.68. The van der Waals surface area contributed by atoms with Gasteiger partial charge < -0.3 is 5.11 Å². The van der Waals surface area contributed by atoms with Crippen molar-refractivity contribution in [2.45, 2.75) is 19.8 Å². The van der Waals surface area contributed by atoms with Crippen molar-refractivity contribution in [3.8, 4) is 0 Å². The van der Waals surface area contributed by atoms with E-state index >= 15 is 0 Å². The lowest BCUT2D eigenvalue weighted by Gasteiger charge is -1.79. The van der Waals surface area contributed by atoms with Crippen molar-refractivity contribution in [2.24, 2.45) is 4.99 Å². The van der Waals surface area contributed by atoms with Gasteiger partial charge in [0.2, 0.25) is 0 Å².